The number of rotatable bonds is 9. The molecule has 3 aromatic rings. The highest BCUT2D eigenvalue weighted by Gasteiger charge is 2.22. The van der Waals surface area contributed by atoms with E-state index >= 15 is 0 Å². The normalized spacial score (nSPS) is 14.8. The van der Waals surface area contributed by atoms with Crippen LogP contribution in [0.15, 0.2) is 59.6 Å². The van der Waals surface area contributed by atoms with Gasteiger partial charge >= 0.3 is 0 Å². The Labute approximate surface area is 214 Å². The summed E-state index contributed by atoms with van der Waals surface area (Å²) in [7, 11) is -1.39. The molecule has 0 aliphatic carbocycles. The van der Waals surface area contributed by atoms with Gasteiger partial charge in [-0.15, -0.1) is 0 Å². The number of aryl methyl sites for hydroxylation is 1. The topological polar surface area (TPSA) is 93.7 Å². The third-order valence-electron chi connectivity index (χ3n) is 6.40. The first-order chi connectivity index (χ1) is 17.3. The molecule has 0 amide bonds. The van der Waals surface area contributed by atoms with Crippen molar-refractivity contribution in [1.82, 2.24) is 19.2 Å². The molecule has 1 fully saturated rings. The molecule has 2 aromatic carbocycles. The van der Waals surface area contributed by atoms with E-state index < -0.39 is 10.0 Å². The van der Waals surface area contributed by atoms with E-state index in [1.807, 2.05) is 39.0 Å². The largest absolute Gasteiger partial charge is 0.369 e. The molecule has 4 rings (SSSR count). The number of sulfonamides is 1. The summed E-state index contributed by atoms with van der Waals surface area (Å²) in [6.45, 7) is 10.6. The molecule has 0 atom stereocenters. The Bertz CT molecular complexity index is 1270. The second kappa shape index (κ2) is 11.2. The van der Waals surface area contributed by atoms with Gasteiger partial charge in [-0.1, -0.05) is 19.9 Å². The molecule has 1 aromatic heterocycles. The molecule has 2 heterocycles. The zero-order chi connectivity index (χ0) is 25.7. The molecule has 0 spiro atoms. The maximum absolute atomic E-state index is 12.9. The van der Waals surface area contributed by atoms with Crippen LogP contribution in [0.2, 0.25) is 0 Å². The number of aromatic nitrogens is 2. The molecule has 1 saturated heterocycles. The predicted octanol–water partition coefficient (Wildman–Crippen LogP) is 4.05. The van der Waals surface area contributed by atoms with Crippen LogP contribution in [0.25, 0.3) is 0 Å². The first-order valence-corrected chi connectivity index (χ1v) is 13.8. The Morgan fingerprint density at radius 3 is 2.31 bits per heavy atom. The number of hydrogen-bond acceptors (Lipinski definition) is 8. The molecule has 0 saturated carbocycles. The predicted molar refractivity (Wildman–Crippen MR) is 146 cm³/mol. The molecule has 2 N–H and O–H groups in total. The first-order valence-electron chi connectivity index (χ1n) is 12.3. The number of nitrogens with zero attached hydrogens (tertiary/aromatic N) is 5. The van der Waals surface area contributed by atoms with Crippen LogP contribution < -0.4 is 15.5 Å². The standard InChI is InChI=1S/C26H35N7O2S/c1-5-33(6-2)36(34,35)24-9-7-8-22(18-24)28-25-20(3)19-27-26(30-25)29-21-10-12-23(13-11-21)32-16-14-31(4)15-17-32/h7-13,18-19H,5-6,14-17H2,1-4H3,(H2,27,28,29,30). The Balaban J connectivity index is 1.48. The summed E-state index contributed by atoms with van der Waals surface area (Å²) in [6.07, 6.45) is 1.74. The highest BCUT2D eigenvalue weighted by atomic mass is 32.2. The fraction of sp³-hybridized carbons (Fsp3) is 0.385. The third kappa shape index (κ3) is 5.95. The van der Waals surface area contributed by atoms with Gasteiger partial charge in [0.25, 0.3) is 0 Å². The lowest BCUT2D eigenvalue weighted by molar-refractivity contribution is 0.313. The van der Waals surface area contributed by atoms with E-state index in [4.69, 9.17) is 0 Å². The zero-order valence-corrected chi connectivity index (χ0v) is 22.2. The lowest BCUT2D eigenvalue weighted by atomic mass is 10.2. The lowest BCUT2D eigenvalue weighted by Crippen LogP contribution is -2.44. The maximum Gasteiger partial charge on any atom is 0.243 e. The Kier molecular flexibility index (Phi) is 8.07. The van der Waals surface area contributed by atoms with Gasteiger partial charge in [-0.2, -0.15) is 9.29 Å². The molecule has 9 nitrogen and oxygen atoms in total. The summed E-state index contributed by atoms with van der Waals surface area (Å²) in [5.74, 6) is 1.07. The molecule has 0 unspecified atom stereocenters. The fourth-order valence-corrected chi connectivity index (χ4v) is 5.67. The van der Waals surface area contributed by atoms with E-state index in [0.717, 1.165) is 37.4 Å². The van der Waals surface area contributed by atoms with Crippen LogP contribution in [-0.2, 0) is 10.0 Å². The smallest absolute Gasteiger partial charge is 0.243 e. The van der Waals surface area contributed by atoms with Crippen molar-refractivity contribution in [3.63, 3.8) is 0 Å². The first kappa shape index (κ1) is 25.9. The fourth-order valence-electron chi connectivity index (χ4n) is 4.16. The van der Waals surface area contributed by atoms with Gasteiger partial charge in [0.05, 0.1) is 4.90 Å². The molecule has 1 aliphatic heterocycles. The van der Waals surface area contributed by atoms with E-state index in [-0.39, 0.29) is 4.90 Å². The van der Waals surface area contributed by atoms with Crippen LogP contribution in [-0.4, -0.2) is 73.9 Å². The van der Waals surface area contributed by atoms with E-state index in [0.29, 0.717) is 30.5 Å². The van der Waals surface area contributed by atoms with Gasteiger partial charge in [-0.05, 0) is 56.4 Å². The molecular weight excluding hydrogens is 474 g/mol. The minimum absolute atomic E-state index is 0.252. The average molecular weight is 510 g/mol. The lowest BCUT2D eigenvalue weighted by Gasteiger charge is -2.34. The van der Waals surface area contributed by atoms with Crippen molar-refractivity contribution < 1.29 is 8.42 Å². The van der Waals surface area contributed by atoms with Gasteiger partial charge < -0.3 is 20.4 Å². The quantitative estimate of drug-likeness (QED) is 0.446. The number of anilines is 5. The van der Waals surface area contributed by atoms with Crippen LogP contribution in [0, 0.1) is 6.92 Å². The molecule has 0 bridgehead atoms. The van der Waals surface area contributed by atoms with Crippen molar-refractivity contribution in [3.8, 4) is 0 Å². The van der Waals surface area contributed by atoms with Crippen molar-refractivity contribution >= 4 is 38.9 Å². The van der Waals surface area contributed by atoms with Gasteiger partial charge in [0, 0.05) is 68.1 Å². The molecular formula is C26H35N7O2S. The van der Waals surface area contributed by atoms with Crippen molar-refractivity contribution in [3.05, 3.63) is 60.3 Å². The SMILES string of the molecule is CCN(CC)S(=O)(=O)c1cccc(Nc2nc(Nc3ccc(N4CCN(C)CC4)cc3)ncc2C)c1. The maximum atomic E-state index is 12.9. The van der Waals surface area contributed by atoms with E-state index in [1.165, 1.54) is 9.99 Å². The van der Waals surface area contributed by atoms with Gasteiger partial charge in [0.1, 0.15) is 5.82 Å². The summed E-state index contributed by atoms with van der Waals surface area (Å²) in [5, 5.41) is 6.53. The second-order valence-electron chi connectivity index (χ2n) is 8.93. The van der Waals surface area contributed by atoms with Crippen molar-refractivity contribution in [1.29, 1.82) is 0 Å². The zero-order valence-electron chi connectivity index (χ0n) is 21.4. The minimum Gasteiger partial charge on any atom is -0.369 e. The molecule has 36 heavy (non-hydrogen) atoms. The molecule has 10 heteroatoms. The van der Waals surface area contributed by atoms with Crippen LogP contribution in [0.1, 0.15) is 19.4 Å². The molecule has 192 valence electrons. The summed E-state index contributed by atoms with van der Waals surface area (Å²) in [4.78, 5) is 14.0. The van der Waals surface area contributed by atoms with Crippen molar-refractivity contribution in [2.45, 2.75) is 25.7 Å². The number of likely N-dealkylation sites (N-methyl/N-ethyl adjacent to an activating group) is 1. The average Bonchev–Trinajstić information content (AvgIpc) is 2.88. The molecule has 1 aliphatic rings. The Morgan fingerprint density at radius 2 is 1.64 bits per heavy atom. The number of nitrogens with one attached hydrogen (secondary N) is 2. The molecule has 0 radical (unpaired) electrons. The number of hydrogen-bond donors (Lipinski definition) is 2. The Hall–Kier alpha value is -3.21. The van der Waals surface area contributed by atoms with Gasteiger partial charge in [-0.3, -0.25) is 0 Å². The van der Waals surface area contributed by atoms with E-state index in [2.05, 4.69) is 49.6 Å². The van der Waals surface area contributed by atoms with Crippen molar-refractivity contribution in [2.75, 3.05) is 61.8 Å². The summed E-state index contributed by atoms with van der Waals surface area (Å²) >= 11 is 0. The highest BCUT2D eigenvalue weighted by Crippen LogP contribution is 2.25. The number of benzene rings is 2. The van der Waals surface area contributed by atoms with Crippen molar-refractivity contribution in [2.24, 2.45) is 0 Å². The van der Waals surface area contributed by atoms with E-state index in [9.17, 15) is 8.42 Å². The summed E-state index contributed by atoms with van der Waals surface area (Å²) < 4.78 is 27.3. The monoisotopic (exact) mass is 509 g/mol. The number of piperazine rings is 1. The van der Waals surface area contributed by atoms with E-state index in [1.54, 1.807) is 24.4 Å². The van der Waals surface area contributed by atoms with Crippen LogP contribution in [0.5, 0.6) is 0 Å². The van der Waals surface area contributed by atoms with Crippen LogP contribution >= 0.6 is 0 Å². The minimum atomic E-state index is -3.55. The third-order valence-corrected chi connectivity index (χ3v) is 8.45. The second-order valence-corrected chi connectivity index (χ2v) is 10.9. The Morgan fingerprint density at radius 1 is 0.944 bits per heavy atom. The van der Waals surface area contributed by atoms with Crippen LogP contribution in [0.4, 0.5) is 28.8 Å². The summed E-state index contributed by atoms with van der Waals surface area (Å²) in [6, 6.07) is 15.1. The summed E-state index contributed by atoms with van der Waals surface area (Å²) in [5.41, 5.74) is 3.60. The van der Waals surface area contributed by atoms with Gasteiger partial charge in [0.15, 0.2) is 0 Å². The van der Waals surface area contributed by atoms with Gasteiger partial charge in [0.2, 0.25) is 16.0 Å². The van der Waals surface area contributed by atoms with Crippen LogP contribution in [0.3, 0.4) is 0 Å². The van der Waals surface area contributed by atoms with Gasteiger partial charge in [-0.25, -0.2) is 13.4 Å². The highest BCUT2D eigenvalue weighted by molar-refractivity contribution is 7.89.